The molecule has 5 heteroatoms. The van der Waals surface area contributed by atoms with E-state index in [1.165, 1.54) is 37.0 Å². The number of nitrogens with one attached hydrogen (secondary N) is 1. The van der Waals surface area contributed by atoms with Crippen LogP contribution in [-0.2, 0) is 5.41 Å². The summed E-state index contributed by atoms with van der Waals surface area (Å²) in [6, 6.07) is 4.38. The minimum absolute atomic E-state index is 0.0367. The van der Waals surface area contributed by atoms with Crippen LogP contribution in [0.1, 0.15) is 50.3 Å². The second-order valence-corrected chi connectivity index (χ2v) is 8.16. The van der Waals surface area contributed by atoms with E-state index in [9.17, 15) is 9.90 Å². The number of amides is 2. The van der Waals surface area contributed by atoms with E-state index in [0.717, 1.165) is 19.5 Å². The molecular formula is C18H28N2O2S. The van der Waals surface area contributed by atoms with Gasteiger partial charge in [-0.15, -0.1) is 11.3 Å². The van der Waals surface area contributed by atoms with E-state index in [0.29, 0.717) is 6.54 Å². The molecule has 2 amide bonds. The number of likely N-dealkylation sites (tertiary alicyclic amines) is 1. The number of aliphatic hydroxyl groups is 1. The average Bonchev–Trinajstić information content (AvgIpc) is 3.25. The van der Waals surface area contributed by atoms with Crippen molar-refractivity contribution in [3.05, 3.63) is 22.4 Å². The predicted molar refractivity (Wildman–Crippen MR) is 93.8 cm³/mol. The molecule has 1 aromatic heterocycles. The maximum absolute atomic E-state index is 12.5. The van der Waals surface area contributed by atoms with Crippen LogP contribution in [0.3, 0.4) is 0 Å². The molecule has 0 radical (unpaired) electrons. The number of carbonyl (C=O) groups is 1. The van der Waals surface area contributed by atoms with Gasteiger partial charge in [0.25, 0.3) is 0 Å². The van der Waals surface area contributed by atoms with Crippen molar-refractivity contribution in [1.29, 1.82) is 0 Å². The molecule has 1 aromatic rings. The lowest BCUT2D eigenvalue weighted by Crippen LogP contribution is -2.46. The summed E-state index contributed by atoms with van der Waals surface area (Å²) >= 11 is 1.82. The highest BCUT2D eigenvalue weighted by Gasteiger charge is 2.36. The fourth-order valence-corrected chi connectivity index (χ4v) is 5.03. The van der Waals surface area contributed by atoms with Crippen LogP contribution in [0.2, 0.25) is 0 Å². The lowest BCUT2D eigenvalue weighted by atomic mass is 9.73. The van der Waals surface area contributed by atoms with Gasteiger partial charge in [0.2, 0.25) is 0 Å². The molecule has 2 fully saturated rings. The van der Waals surface area contributed by atoms with Gasteiger partial charge >= 0.3 is 6.03 Å². The Balaban J connectivity index is 1.60. The summed E-state index contributed by atoms with van der Waals surface area (Å²) in [5, 5.41) is 15.0. The molecule has 1 saturated heterocycles. The topological polar surface area (TPSA) is 52.6 Å². The first-order valence-electron chi connectivity index (χ1n) is 8.85. The average molecular weight is 337 g/mol. The third-order valence-electron chi connectivity index (χ3n) is 5.63. The Kier molecular flexibility index (Phi) is 5.27. The molecule has 23 heavy (non-hydrogen) atoms. The first kappa shape index (κ1) is 16.8. The highest BCUT2D eigenvalue weighted by molar-refractivity contribution is 7.10. The number of rotatable bonds is 4. The van der Waals surface area contributed by atoms with Crippen LogP contribution in [0, 0.1) is 5.92 Å². The predicted octanol–water partition coefficient (Wildman–Crippen LogP) is 3.36. The van der Waals surface area contributed by atoms with E-state index in [1.807, 2.05) is 23.2 Å². The minimum Gasteiger partial charge on any atom is -0.393 e. The lowest BCUT2D eigenvalue weighted by Gasteiger charge is -2.37. The third-order valence-corrected chi connectivity index (χ3v) is 6.74. The lowest BCUT2D eigenvalue weighted by molar-refractivity contribution is 0.129. The summed E-state index contributed by atoms with van der Waals surface area (Å²) in [6.07, 6.45) is 6.73. The zero-order valence-electron chi connectivity index (χ0n) is 14.0. The van der Waals surface area contributed by atoms with Gasteiger partial charge in [-0.1, -0.05) is 25.3 Å². The fourth-order valence-electron chi connectivity index (χ4n) is 4.04. The molecule has 2 heterocycles. The van der Waals surface area contributed by atoms with Crippen molar-refractivity contribution < 1.29 is 9.90 Å². The number of urea groups is 1. The standard InChI is InChI=1S/C18H28N2O2S/c1-14(21)15-7-10-20(12-15)17(22)19-13-18(8-3-2-4-9-18)16-6-5-11-23-16/h5-6,11,14-15,21H,2-4,7-10,12-13H2,1H3,(H,19,22)/t14-,15-/m0/s1. The quantitative estimate of drug-likeness (QED) is 0.886. The second kappa shape index (κ2) is 7.22. The van der Waals surface area contributed by atoms with E-state index in [-0.39, 0.29) is 23.5 Å². The second-order valence-electron chi connectivity index (χ2n) is 7.21. The molecule has 1 saturated carbocycles. The van der Waals surface area contributed by atoms with Crippen molar-refractivity contribution in [1.82, 2.24) is 10.2 Å². The van der Waals surface area contributed by atoms with Crippen LogP contribution in [0.15, 0.2) is 17.5 Å². The van der Waals surface area contributed by atoms with E-state index in [2.05, 4.69) is 22.8 Å². The number of thiophene rings is 1. The number of hydrogen-bond acceptors (Lipinski definition) is 3. The normalized spacial score (nSPS) is 25.3. The Morgan fingerprint density at radius 1 is 1.48 bits per heavy atom. The maximum Gasteiger partial charge on any atom is 0.317 e. The Bertz CT molecular complexity index is 509. The van der Waals surface area contributed by atoms with Crippen molar-refractivity contribution in [2.45, 2.75) is 57.0 Å². The van der Waals surface area contributed by atoms with Gasteiger partial charge in [0.05, 0.1) is 6.10 Å². The Morgan fingerprint density at radius 3 is 2.87 bits per heavy atom. The van der Waals surface area contributed by atoms with Gasteiger partial charge in [-0.3, -0.25) is 0 Å². The smallest absolute Gasteiger partial charge is 0.317 e. The molecule has 2 atom stereocenters. The van der Waals surface area contributed by atoms with E-state index < -0.39 is 0 Å². The van der Waals surface area contributed by atoms with Crippen LogP contribution >= 0.6 is 11.3 Å². The molecule has 4 nitrogen and oxygen atoms in total. The van der Waals surface area contributed by atoms with Crippen LogP contribution in [0.4, 0.5) is 4.79 Å². The van der Waals surface area contributed by atoms with Crippen molar-refractivity contribution in [2.75, 3.05) is 19.6 Å². The first-order chi connectivity index (χ1) is 11.1. The van der Waals surface area contributed by atoms with Gasteiger partial charge in [-0.2, -0.15) is 0 Å². The van der Waals surface area contributed by atoms with Crippen LogP contribution in [0.25, 0.3) is 0 Å². The van der Waals surface area contributed by atoms with Gasteiger partial charge in [0.1, 0.15) is 0 Å². The van der Waals surface area contributed by atoms with Crippen molar-refractivity contribution in [3.8, 4) is 0 Å². The number of carbonyl (C=O) groups excluding carboxylic acids is 1. The zero-order valence-corrected chi connectivity index (χ0v) is 14.8. The Hall–Kier alpha value is -1.07. The highest BCUT2D eigenvalue weighted by atomic mass is 32.1. The molecule has 1 aliphatic heterocycles. The number of hydrogen-bond donors (Lipinski definition) is 2. The van der Waals surface area contributed by atoms with E-state index in [4.69, 9.17) is 0 Å². The molecule has 1 aliphatic carbocycles. The molecule has 2 N–H and O–H groups in total. The molecular weight excluding hydrogens is 308 g/mol. The summed E-state index contributed by atoms with van der Waals surface area (Å²) in [4.78, 5) is 15.8. The summed E-state index contributed by atoms with van der Waals surface area (Å²) < 4.78 is 0. The SMILES string of the molecule is C[C@H](O)[C@H]1CCN(C(=O)NCC2(c3cccs3)CCCCC2)C1. The number of nitrogens with zero attached hydrogens (tertiary/aromatic N) is 1. The summed E-state index contributed by atoms with van der Waals surface area (Å²) in [6.45, 7) is 3.99. The van der Waals surface area contributed by atoms with Gasteiger partial charge < -0.3 is 15.3 Å². The molecule has 0 spiro atoms. The molecule has 2 aliphatic rings. The van der Waals surface area contributed by atoms with E-state index in [1.54, 1.807) is 0 Å². The largest absolute Gasteiger partial charge is 0.393 e. The molecule has 0 unspecified atom stereocenters. The molecule has 128 valence electrons. The Labute approximate surface area is 142 Å². The third kappa shape index (κ3) is 3.72. The van der Waals surface area contributed by atoms with Crippen molar-refractivity contribution in [2.24, 2.45) is 5.92 Å². The van der Waals surface area contributed by atoms with Gasteiger partial charge in [0.15, 0.2) is 0 Å². The number of aliphatic hydroxyl groups excluding tert-OH is 1. The maximum atomic E-state index is 12.5. The minimum atomic E-state index is -0.330. The monoisotopic (exact) mass is 336 g/mol. The highest BCUT2D eigenvalue weighted by Crippen LogP contribution is 2.41. The molecule has 0 aromatic carbocycles. The van der Waals surface area contributed by atoms with Gasteiger partial charge in [0, 0.05) is 35.8 Å². The fraction of sp³-hybridized carbons (Fsp3) is 0.722. The van der Waals surface area contributed by atoms with Crippen molar-refractivity contribution >= 4 is 17.4 Å². The summed E-state index contributed by atoms with van der Waals surface area (Å²) in [7, 11) is 0. The van der Waals surface area contributed by atoms with Gasteiger partial charge in [-0.25, -0.2) is 4.79 Å². The van der Waals surface area contributed by atoms with Crippen LogP contribution in [-0.4, -0.2) is 41.8 Å². The molecule has 3 rings (SSSR count). The molecule has 0 bridgehead atoms. The summed E-state index contributed by atoms with van der Waals surface area (Å²) in [5.74, 6) is 0.224. The Morgan fingerprint density at radius 2 is 2.26 bits per heavy atom. The van der Waals surface area contributed by atoms with Crippen molar-refractivity contribution in [3.63, 3.8) is 0 Å². The van der Waals surface area contributed by atoms with Crippen LogP contribution in [0.5, 0.6) is 0 Å². The summed E-state index contributed by atoms with van der Waals surface area (Å²) in [5.41, 5.74) is 0.130. The van der Waals surface area contributed by atoms with E-state index >= 15 is 0 Å². The van der Waals surface area contributed by atoms with Crippen LogP contribution < -0.4 is 5.32 Å². The van der Waals surface area contributed by atoms with Gasteiger partial charge in [-0.05, 0) is 37.6 Å². The first-order valence-corrected chi connectivity index (χ1v) is 9.73. The zero-order chi connectivity index (χ0) is 16.3.